The van der Waals surface area contributed by atoms with Gasteiger partial charge in [-0.05, 0) is 35.4 Å². The number of hydrogen-bond acceptors (Lipinski definition) is 7. The molecule has 4 atom stereocenters. The molecule has 0 radical (unpaired) electrons. The van der Waals surface area contributed by atoms with Crippen molar-refractivity contribution in [2.45, 2.75) is 12.2 Å². The van der Waals surface area contributed by atoms with Crippen LogP contribution in [-0.2, 0) is 9.47 Å². The molecule has 7 heteroatoms. The maximum absolute atomic E-state index is 6.24. The summed E-state index contributed by atoms with van der Waals surface area (Å²) in [6.07, 6.45) is -0.116. The molecule has 29 heavy (non-hydrogen) atoms. The van der Waals surface area contributed by atoms with Crippen LogP contribution in [0.2, 0.25) is 0 Å². The van der Waals surface area contributed by atoms with Crippen molar-refractivity contribution >= 4 is 0 Å². The summed E-state index contributed by atoms with van der Waals surface area (Å²) in [6.45, 7) is 1.53. The lowest BCUT2D eigenvalue weighted by Crippen LogP contribution is -2.14. The molecule has 3 heterocycles. The molecule has 0 aliphatic carbocycles. The zero-order valence-corrected chi connectivity index (χ0v) is 16.7. The number of hydrogen-bond donors (Lipinski definition) is 0. The molecule has 2 saturated heterocycles. The smallest absolute Gasteiger partial charge is 0.231 e. The molecular weight excluding hydrogens is 376 g/mol. The lowest BCUT2D eigenvalue weighted by Gasteiger charge is -2.20. The fraction of sp³-hybridized carbons (Fsp3) is 0.455. The molecule has 3 aliphatic heterocycles. The van der Waals surface area contributed by atoms with Gasteiger partial charge in [-0.2, -0.15) is 0 Å². The summed E-state index contributed by atoms with van der Waals surface area (Å²) in [5, 5.41) is 0. The third-order valence-corrected chi connectivity index (χ3v) is 6.00. The van der Waals surface area contributed by atoms with Crippen LogP contribution in [0.5, 0.6) is 28.7 Å². The summed E-state index contributed by atoms with van der Waals surface area (Å²) >= 11 is 0. The van der Waals surface area contributed by atoms with E-state index in [2.05, 4.69) is 0 Å². The van der Waals surface area contributed by atoms with Gasteiger partial charge >= 0.3 is 0 Å². The van der Waals surface area contributed by atoms with Crippen LogP contribution in [0.25, 0.3) is 0 Å². The van der Waals surface area contributed by atoms with Crippen molar-refractivity contribution in [2.75, 3.05) is 41.3 Å². The average molecular weight is 400 g/mol. The van der Waals surface area contributed by atoms with Gasteiger partial charge in [0, 0.05) is 11.8 Å². The Morgan fingerprint density at radius 2 is 1.34 bits per heavy atom. The van der Waals surface area contributed by atoms with E-state index in [-0.39, 0.29) is 30.8 Å². The summed E-state index contributed by atoms with van der Waals surface area (Å²) in [4.78, 5) is 0. The topological polar surface area (TPSA) is 64.6 Å². The van der Waals surface area contributed by atoms with Crippen LogP contribution < -0.4 is 23.7 Å². The maximum Gasteiger partial charge on any atom is 0.231 e. The summed E-state index contributed by atoms with van der Waals surface area (Å²) in [6, 6.07) is 9.93. The van der Waals surface area contributed by atoms with E-state index in [0.29, 0.717) is 30.5 Å². The minimum atomic E-state index is -0.0901. The standard InChI is InChI=1S/C22H24O7/c1-23-18-7-13(8-19(24-2)22(18)25-3)21-15-10-26-20(14(15)9-27-21)12-4-5-16-17(6-12)29-11-28-16/h4-8,14-15,20-21H,9-11H2,1-3H3/t14-,15+,20+,21-/m1/s1. The molecule has 0 amide bonds. The minimum absolute atomic E-state index is 0.0264. The quantitative estimate of drug-likeness (QED) is 0.761. The monoisotopic (exact) mass is 400 g/mol. The van der Waals surface area contributed by atoms with Crippen LogP contribution in [0.15, 0.2) is 30.3 Å². The molecule has 2 aromatic carbocycles. The van der Waals surface area contributed by atoms with Crippen molar-refractivity contribution in [1.82, 2.24) is 0 Å². The number of ether oxygens (including phenoxy) is 7. The molecule has 0 saturated carbocycles. The van der Waals surface area contributed by atoms with Gasteiger partial charge in [-0.3, -0.25) is 0 Å². The second kappa shape index (κ2) is 7.31. The van der Waals surface area contributed by atoms with E-state index in [1.165, 1.54) is 0 Å². The Morgan fingerprint density at radius 3 is 1.97 bits per heavy atom. The van der Waals surface area contributed by atoms with Crippen LogP contribution in [0.3, 0.4) is 0 Å². The molecule has 7 nitrogen and oxygen atoms in total. The predicted molar refractivity (Wildman–Crippen MR) is 103 cm³/mol. The fourth-order valence-corrected chi connectivity index (χ4v) is 4.59. The van der Waals surface area contributed by atoms with Crippen molar-refractivity contribution in [3.63, 3.8) is 0 Å². The molecular formula is C22H24O7. The van der Waals surface area contributed by atoms with Gasteiger partial charge in [-0.15, -0.1) is 0 Å². The Bertz CT molecular complexity index is 887. The highest BCUT2D eigenvalue weighted by atomic mass is 16.7. The SMILES string of the molecule is COc1cc([C@H]2OC[C@@H]3[C@@H]2CO[C@H]3c2ccc3c(c2)OCO3)cc(OC)c1OC. The van der Waals surface area contributed by atoms with Gasteiger partial charge in [-0.25, -0.2) is 0 Å². The van der Waals surface area contributed by atoms with Crippen LogP contribution in [0, 0.1) is 11.8 Å². The molecule has 2 aromatic rings. The van der Waals surface area contributed by atoms with E-state index in [1.54, 1.807) is 21.3 Å². The van der Waals surface area contributed by atoms with Crippen molar-refractivity contribution in [2.24, 2.45) is 11.8 Å². The lowest BCUT2D eigenvalue weighted by molar-refractivity contribution is 0.0191. The zero-order valence-electron chi connectivity index (χ0n) is 16.7. The third kappa shape index (κ3) is 2.96. The van der Waals surface area contributed by atoms with E-state index in [1.807, 2.05) is 30.3 Å². The van der Waals surface area contributed by atoms with Gasteiger partial charge in [0.05, 0.1) is 46.8 Å². The Hall–Kier alpha value is -2.64. The van der Waals surface area contributed by atoms with Crippen LogP contribution in [0.4, 0.5) is 0 Å². The number of methoxy groups -OCH3 is 3. The molecule has 0 unspecified atom stereocenters. The first-order valence-corrected chi connectivity index (χ1v) is 9.66. The predicted octanol–water partition coefficient (Wildman–Crippen LogP) is 3.52. The molecule has 0 spiro atoms. The molecule has 0 N–H and O–H groups in total. The summed E-state index contributed by atoms with van der Waals surface area (Å²) in [5.41, 5.74) is 2.10. The molecule has 3 aliphatic rings. The second-order valence-corrected chi connectivity index (χ2v) is 7.41. The molecule has 154 valence electrons. The highest BCUT2D eigenvalue weighted by Gasteiger charge is 2.48. The third-order valence-electron chi connectivity index (χ3n) is 6.00. The zero-order chi connectivity index (χ0) is 20.0. The second-order valence-electron chi connectivity index (χ2n) is 7.41. The highest BCUT2D eigenvalue weighted by molar-refractivity contribution is 5.54. The maximum atomic E-state index is 6.24. The number of benzene rings is 2. The molecule has 0 aromatic heterocycles. The molecule has 5 rings (SSSR count). The van der Waals surface area contributed by atoms with Gasteiger partial charge in [0.1, 0.15) is 0 Å². The van der Waals surface area contributed by atoms with Crippen LogP contribution >= 0.6 is 0 Å². The fourth-order valence-electron chi connectivity index (χ4n) is 4.59. The molecule has 2 fully saturated rings. The first-order chi connectivity index (χ1) is 14.2. The van der Waals surface area contributed by atoms with Crippen molar-refractivity contribution in [1.29, 1.82) is 0 Å². The van der Waals surface area contributed by atoms with Gasteiger partial charge in [-0.1, -0.05) is 6.07 Å². The Labute approximate surface area is 169 Å². The Morgan fingerprint density at radius 1 is 0.724 bits per heavy atom. The minimum Gasteiger partial charge on any atom is -0.493 e. The average Bonchev–Trinajstić information content (AvgIpc) is 3.47. The van der Waals surface area contributed by atoms with E-state index >= 15 is 0 Å². The lowest BCUT2D eigenvalue weighted by atomic mass is 9.85. The van der Waals surface area contributed by atoms with Crippen molar-refractivity contribution in [3.8, 4) is 28.7 Å². The van der Waals surface area contributed by atoms with Crippen molar-refractivity contribution in [3.05, 3.63) is 41.5 Å². The normalized spacial score (nSPS) is 27.0. The largest absolute Gasteiger partial charge is 0.493 e. The summed E-state index contributed by atoms with van der Waals surface area (Å²) in [5.74, 6) is 3.89. The summed E-state index contributed by atoms with van der Waals surface area (Å²) in [7, 11) is 4.84. The summed E-state index contributed by atoms with van der Waals surface area (Å²) < 4.78 is 39.8. The Balaban J connectivity index is 1.42. The van der Waals surface area contributed by atoms with Gasteiger partial charge in [0.25, 0.3) is 0 Å². The van der Waals surface area contributed by atoms with E-state index in [0.717, 1.165) is 22.6 Å². The highest BCUT2D eigenvalue weighted by Crippen LogP contribution is 2.52. The van der Waals surface area contributed by atoms with Crippen LogP contribution in [0.1, 0.15) is 23.3 Å². The Kier molecular flexibility index (Phi) is 4.64. The van der Waals surface area contributed by atoms with E-state index < -0.39 is 0 Å². The van der Waals surface area contributed by atoms with Gasteiger partial charge < -0.3 is 33.2 Å². The van der Waals surface area contributed by atoms with Crippen LogP contribution in [-0.4, -0.2) is 41.3 Å². The van der Waals surface area contributed by atoms with Gasteiger partial charge in [0.15, 0.2) is 23.0 Å². The van der Waals surface area contributed by atoms with E-state index in [9.17, 15) is 0 Å². The number of rotatable bonds is 5. The van der Waals surface area contributed by atoms with E-state index in [4.69, 9.17) is 33.2 Å². The first kappa shape index (κ1) is 18.4. The molecule has 0 bridgehead atoms. The van der Waals surface area contributed by atoms with Gasteiger partial charge in [0.2, 0.25) is 12.5 Å². The number of fused-ring (bicyclic) bond motifs is 2. The first-order valence-electron chi connectivity index (χ1n) is 9.66. The van der Waals surface area contributed by atoms with Crippen molar-refractivity contribution < 1.29 is 33.2 Å².